The number of carbonyl (C=O) groups excluding carboxylic acids is 3. The first kappa shape index (κ1) is 21.5. The second-order valence-electron chi connectivity index (χ2n) is 6.08. The number of hydrogen-bond acceptors (Lipinski definition) is 6. The monoisotopic (exact) mass is 399 g/mol. The number of nitrogens with zero attached hydrogens (tertiary/aromatic N) is 1. The number of aryl methyl sites for hydroxylation is 1. The number of nitrogens with one attached hydrogen (secondary N) is 2. The quantitative estimate of drug-likeness (QED) is 0.379. The average Bonchev–Trinajstić information content (AvgIpc) is 2.71. The number of amides is 2. The summed E-state index contributed by atoms with van der Waals surface area (Å²) in [7, 11) is 0. The molecule has 9 heteroatoms. The van der Waals surface area contributed by atoms with Gasteiger partial charge in [0.05, 0.1) is 11.3 Å². The summed E-state index contributed by atoms with van der Waals surface area (Å²) in [6.45, 7) is 1.51. The van der Waals surface area contributed by atoms with Crippen LogP contribution in [0, 0.1) is 10.1 Å². The number of anilines is 2. The molecule has 0 saturated carbocycles. The number of esters is 1. The van der Waals surface area contributed by atoms with Crippen LogP contribution in [0.5, 0.6) is 0 Å². The highest BCUT2D eigenvalue weighted by atomic mass is 16.6. The van der Waals surface area contributed by atoms with Gasteiger partial charge in [0.2, 0.25) is 5.91 Å². The molecule has 29 heavy (non-hydrogen) atoms. The SMILES string of the molecule is CCc1ccccc1NC(=O)COC(=O)CCC(=O)Nc1cccc([N+](=O)[O-])c1. The van der Waals surface area contributed by atoms with Crippen LogP contribution in [0.4, 0.5) is 17.1 Å². The van der Waals surface area contributed by atoms with Crippen LogP contribution in [0.1, 0.15) is 25.3 Å². The fourth-order valence-corrected chi connectivity index (χ4v) is 2.49. The van der Waals surface area contributed by atoms with Crippen molar-refractivity contribution in [2.24, 2.45) is 0 Å². The smallest absolute Gasteiger partial charge is 0.306 e. The lowest BCUT2D eigenvalue weighted by Gasteiger charge is -2.10. The van der Waals surface area contributed by atoms with Crippen molar-refractivity contribution in [2.75, 3.05) is 17.2 Å². The van der Waals surface area contributed by atoms with Crippen molar-refractivity contribution >= 4 is 34.8 Å². The van der Waals surface area contributed by atoms with Gasteiger partial charge in [-0.25, -0.2) is 0 Å². The van der Waals surface area contributed by atoms with E-state index in [1.807, 2.05) is 19.1 Å². The molecule has 0 spiro atoms. The summed E-state index contributed by atoms with van der Waals surface area (Å²) in [6.07, 6.45) is 0.345. The van der Waals surface area contributed by atoms with E-state index in [1.54, 1.807) is 12.1 Å². The molecule has 0 aliphatic rings. The summed E-state index contributed by atoms with van der Waals surface area (Å²) in [5.74, 6) is -1.66. The van der Waals surface area contributed by atoms with E-state index in [0.29, 0.717) is 5.69 Å². The summed E-state index contributed by atoms with van der Waals surface area (Å²) in [5.41, 5.74) is 1.72. The Morgan fingerprint density at radius 2 is 1.76 bits per heavy atom. The van der Waals surface area contributed by atoms with Crippen LogP contribution in [-0.2, 0) is 25.5 Å². The number of para-hydroxylation sites is 1. The predicted octanol–water partition coefficient (Wildman–Crippen LogP) is 3.06. The second-order valence-corrected chi connectivity index (χ2v) is 6.08. The average molecular weight is 399 g/mol. The van der Waals surface area contributed by atoms with Crippen molar-refractivity contribution in [3.8, 4) is 0 Å². The van der Waals surface area contributed by atoms with Gasteiger partial charge < -0.3 is 15.4 Å². The minimum atomic E-state index is -0.696. The van der Waals surface area contributed by atoms with Crippen LogP contribution < -0.4 is 10.6 Å². The van der Waals surface area contributed by atoms with Crippen LogP contribution in [-0.4, -0.2) is 29.3 Å². The van der Waals surface area contributed by atoms with E-state index in [-0.39, 0.29) is 24.2 Å². The predicted molar refractivity (Wildman–Crippen MR) is 106 cm³/mol. The lowest BCUT2D eigenvalue weighted by molar-refractivity contribution is -0.384. The normalized spacial score (nSPS) is 10.1. The Kier molecular flexibility index (Phi) is 7.84. The van der Waals surface area contributed by atoms with Crippen molar-refractivity contribution in [3.05, 3.63) is 64.2 Å². The summed E-state index contributed by atoms with van der Waals surface area (Å²) in [5, 5.41) is 15.9. The third kappa shape index (κ3) is 7.06. The van der Waals surface area contributed by atoms with E-state index in [1.165, 1.54) is 24.3 Å². The molecule has 0 aliphatic carbocycles. The van der Waals surface area contributed by atoms with Crippen molar-refractivity contribution in [1.29, 1.82) is 0 Å². The largest absolute Gasteiger partial charge is 0.456 e. The molecule has 0 atom stereocenters. The van der Waals surface area contributed by atoms with Crippen molar-refractivity contribution in [1.82, 2.24) is 0 Å². The minimum absolute atomic E-state index is 0.155. The van der Waals surface area contributed by atoms with E-state index >= 15 is 0 Å². The molecule has 9 nitrogen and oxygen atoms in total. The highest BCUT2D eigenvalue weighted by Gasteiger charge is 2.13. The Morgan fingerprint density at radius 3 is 2.48 bits per heavy atom. The zero-order chi connectivity index (χ0) is 21.2. The van der Waals surface area contributed by atoms with Gasteiger partial charge in [-0.3, -0.25) is 24.5 Å². The maximum atomic E-state index is 11.9. The molecule has 0 unspecified atom stereocenters. The zero-order valence-electron chi connectivity index (χ0n) is 15.8. The zero-order valence-corrected chi connectivity index (χ0v) is 15.8. The molecular weight excluding hydrogens is 378 g/mol. The molecule has 0 saturated heterocycles. The molecule has 0 heterocycles. The molecule has 0 bridgehead atoms. The van der Waals surface area contributed by atoms with Crippen molar-refractivity contribution in [3.63, 3.8) is 0 Å². The number of non-ortho nitro benzene ring substituents is 1. The summed E-state index contributed by atoms with van der Waals surface area (Å²) in [6, 6.07) is 12.8. The van der Waals surface area contributed by atoms with Crippen LogP contribution in [0.15, 0.2) is 48.5 Å². The number of benzene rings is 2. The second kappa shape index (κ2) is 10.5. The Hall–Kier alpha value is -3.75. The molecule has 2 aromatic rings. The van der Waals surface area contributed by atoms with Crippen LogP contribution in [0.3, 0.4) is 0 Å². The topological polar surface area (TPSA) is 128 Å². The molecule has 0 aliphatic heterocycles. The molecule has 0 fully saturated rings. The number of ether oxygens (including phenoxy) is 1. The molecular formula is C20H21N3O6. The Morgan fingerprint density at radius 1 is 1.00 bits per heavy atom. The van der Waals surface area contributed by atoms with Gasteiger partial charge >= 0.3 is 5.97 Å². The minimum Gasteiger partial charge on any atom is -0.456 e. The standard InChI is InChI=1S/C20H21N3O6/c1-2-14-6-3-4-9-17(14)22-19(25)13-29-20(26)11-10-18(24)21-15-7-5-8-16(12-15)23(27)28/h3-9,12H,2,10-11,13H2,1H3,(H,21,24)(H,22,25). The third-order valence-electron chi connectivity index (χ3n) is 3.93. The lowest BCUT2D eigenvalue weighted by Crippen LogP contribution is -2.22. The van der Waals surface area contributed by atoms with Gasteiger partial charge in [-0.15, -0.1) is 0 Å². The first-order valence-electron chi connectivity index (χ1n) is 8.96. The molecule has 2 aromatic carbocycles. The van der Waals surface area contributed by atoms with Crippen LogP contribution in [0.2, 0.25) is 0 Å². The molecule has 2 N–H and O–H groups in total. The Bertz CT molecular complexity index is 913. The number of nitro groups is 1. The molecule has 2 rings (SSSR count). The van der Waals surface area contributed by atoms with Gasteiger partial charge in [0.15, 0.2) is 6.61 Å². The molecule has 0 aromatic heterocycles. The maximum absolute atomic E-state index is 11.9. The number of rotatable bonds is 9. The van der Waals surface area contributed by atoms with E-state index < -0.39 is 29.3 Å². The lowest BCUT2D eigenvalue weighted by atomic mass is 10.1. The first-order valence-corrected chi connectivity index (χ1v) is 8.96. The van der Waals surface area contributed by atoms with Gasteiger partial charge in [0, 0.05) is 29.9 Å². The highest BCUT2D eigenvalue weighted by molar-refractivity contribution is 5.95. The van der Waals surface area contributed by atoms with E-state index in [4.69, 9.17) is 4.74 Å². The summed E-state index contributed by atoms with van der Waals surface area (Å²) < 4.78 is 4.88. The number of hydrogen-bond donors (Lipinski definition) is 2. The highest BCUT2D eigenvalue weighted by Crippen LogP contribution is 2.17. The van der Waals surface area contributed by atoms with Crippen molar-refractivity contribution < 1.29 is 24.0 Å². The summed E-state index contributed by atoms with van der Waals surface area (Å²) >= 11 is 0. The van der Waals surface area contributed by atoms with Crippen molar-refractivity contribution in [2.45, 2.75) is 26.2 Å². The van der Waals surface area contributed by atoms with Gasteiger partial charge in [-0.2, -0.15) is 0 Å². The summed E-state index contributed by atoms with van der Waals surface area (Å²) in [4.78, 5) is 45.7. The fourth-order valence-electron chi connectivity index (χ4n) is 2.49. The third-order valence-corrected chi connectivity index (χ3v) is 3.93. The Balaban J connectivity index is 1.73. The fraction of sp³-hybridized carbons (Fsp3) is 0.250. The van der Waals surface area contributed by atoms with Crippen LogP contribution >= 0.6 is 0 Å². The number of carbonyl (C=O) groups is 3. The maximum Gasteiger partial charge on any atom is 0.306 e. The molecule has 152 valence electrons. The van der Waals surface area contributed by atoms with Gasteiger partial charge in [0.25, 0.3) is 11.6 Å². The first-order chi connectivity index (χ1) is 13.9. The van der Waals surface area contributed by atoms with Gasteiger partial charge in [0.1, 0.15) is 0 Å². The van der Waals surface area contributed by atoms with E-state index in [9.17, 15) is 24.5 Å². The molecule has 0 radical (unpaired) electrons. The Labute approximate surface area is 167 Å². The molecule has 2 amide bonds. The van der Waals surface area contributed by atoms with E-state index in [0.717, 1.165) is 12.0 Å². The van der Waals surface area contributed by atoms with Gasteiger partial charge in [-0.05, 0) is 24.1 Å². The number of nitro benzene ring substituents is 1. The van der Waals surface area contributed by atoms with Gasteiger partial charge in [-0.1, -0.05) is 31.2 Å². The van der Waals surface area contributed by atoms with E-state index in [2.05, 4.69) is 10.6 Å². The van der Waals surface area contributed by atoms with Crippen LogP contribution in [0.25, 0.3) is 0 Å².